The summed E-state index contributed by atoms with van der Waals surface area (Å²) in [6.45, 7) is 0.882. The highest BCUT2D eigenvalue weighted by molar-refractivity contribution is 5.24. The predicted molar refractivity (Wildman–Crippen MR) is 74.0 cm³/mol. The zero-order valence-electron chi connectivity index (χ0n) is 11.5. The lowest BCUT2D eigenvalue weighted by Gasteiger charge is -2.35. The number of hydrogen-bond acceptors (Lipinski definition) is 3. The summed E-state index contributed by atoms with van der Waals surface area (Å²) in [5.74, 6) is -0.208. The molecule has 1 aromatic rings. The Balaban J connectivity index is 2.03. The Bertz CT molecular complexity index is 425. The molecule has 1 aliphatic carbocycles. The monoisotopic (exact) mass is 266 g/mol. The van der Waals surface area contributed by atoms with Crippen LogP contribution < -0.4 is 5.73 Å². The molecule has 0 saturated heterocycles. The summed E-state index contributed by atoms with van der Waals surface area (Å²) in [6.07, 6.45) is 3.78. The van der Waals surface area contributed by atoms with E-state index in [1.807, 2.05) is 13.1 Å². The van der Waals surface area contributed by atoms with Crippen LogP contribution in [0.25, 0.3) is 0 Å². The molecule has 3 N–H and O–H groups in total. The summed E-state index contributed by atoms with van der Waals surface area (Å²) in [6, 6.07) is 5.30. The van der Waals surface area contributed by atoms with Gasteiger partial charge in [-0.3, -0.25) is 4.90 Å². The second kappa shape index (κ2) is 6.46. The van der Waals surface area contributed by atoms with Crippen molar-refractivity contribution in [2.45, 2.75) is 50.9 Å². The van der Waals surface area contributed by atoms with E-state index < -0.39 is 0 Å². The van der Waals surface area contributed by atoms with Crippen LogP contribution in [0, 0.1) is 5.82 Å². The van der Waals surface area contributed by atoms with Crippen molar-refractivity contribution in [1.82, 2.24) is 4.90 Å². The molecule has 19 heavy (non-hydrogen) atoms. The van der Waals surface area contributed by atoms with E-state index in [-0.39, 0.29) is 18.0 Å². The third-order valence-electron chi connectivity index (χ3n) is 4.03. The Morgan fingerprint density at radius 1 is 1.37 bits per heavy atom. The van der Waals surface area contributed by atoms with Crippen LogP contribution in [0.3, 0.4) is 0 Å². The first-order valence-electron chi connectivity index (χ1n) is 6.97. The third-order valence-corrected chi connectivity index (χ3v) is 4.03. The lowest BCUT2D eigenvalue weighted by Crippen LogP contribution is -2.43. The molecule has 0 spiro atoms. The number of benzene rings is 1. The lowest BCUT2D eigenvalue weighted by atomic mass is 9.91. The zero-order valence-corrected chi connectivity index (χ0v) is 11.5. The highest BCUT2D eigenvalue weighted by Gasteiger charge is 2.26. The first kappa shape index (κ1) is 14.4. The van der Waals surface area contributed by atoms with Crippen LogP contribution in [0.2, 0.25) is 0 Å². The van der Waals surface area contributed by atoms with Crippen LogP contribution in [0.1, 0.15) is 36.8 Å². The maximum absolute atomic E-state index is 13.9. The Kier molecular flexibility index (Phi) is 4.91. The molecule has 0 radical (unpaired) electrons. The van der Waals surface area contributed by atoms with Crippen molar-refractivity contribution in [3.05, 3.63) is 35.1 Å². The Hall–Kier alpha value is -0.970. The highest BCUT2D eigenvalue weighted by atomic mass is 19.1. The molecule has 1 aromatic carbocycles. The number of nitrogens with two attached hydrogens (primary N) is 1. The summed E-state index contributed by atoms with van der Waals surface area (Å²) in [7, 11) is 1.95. The molecule has 0 amide bonds. The van der Waals surface area contributed by atoms with E-state index in [2.05, 4.69) is 4.90 Å². The van der Waals surface area contributed by atoms with Gasteiger partial charge in [0.05, 0.1) is 6.10 Å². The molecule has 0 heterocycles. The number of rotatable bonds is 4. The van der Waals surface area contributed by atoms with Gasteiger partial charge in [-0.15, -0.1) is 0 Å². The summed E-state index contributed by atoms with van der Waals surface area (Å²) in [5.41, 5.74) is 6.97. The van der Waals surface area contributed by atoms with Crippen LogP contribution in [-0.2, 0) is 13.1 Å². The normalized spacial score (nSPS) is 23.8. The van der Waals surface area contributed by atoms with Gasteiger partial charge in [-0.1, -0.05) is 25.0 Å². The number of likely N-dealkylation sites (N-methyl/N-ethyl adjacent to an activating group) is 1. The molecule has 106 valence electrons. The van der Waals surface area contributed by atoms with Gasteiger partial charge in [-0.25, -0.2) is 4.39 Å². The van der Waals surface area contributed by atoms with Crippen molar-refractivity contribution in [2.24, 2.45) is 5.73 Å². The molecular weight excluding hydrogens is 243 g/mol. The molecular formula is C15H23FN2O. The highest BCUT2D eigenvalue weighted by Crippen LogP contribution is 2.24. The molecule has 2 atom stereocenters. The number of aliphatic hydroxyl groups excluding tert-OH is 1. The van der Waals surface area contributed by atoms with Crippen molar-refractivity contribution in [2.75, 3.05) is 7.05 Å². The van der Waals surface area contributed by atoms with Crippen LogP contribution in [0.4, 0.5) is 4.39 Å². The average molecular weight is 266 g/mol. The van der Waals surface area contributed by atoms with Crippen LogP contribution in [-0.4, -0.2) is 29.2 Å². The molecule has 1 fully saturated rings. The maximum Gasteiger partial charge on any atom is 0.128 e. The molecule has 3 nitrogen and oxygen atoms in total. The molecule has 0 aliphatic heterocycles. The van der Waals surface area contributed by atoms with E-state index >= 15 is 0 Å². The van der Waals surface area contributed by atoms with Gasteiger partial charge >= 0.3 is 0 Å². The summed E-state index contributed by atoms with van der Waals surface area (Å²) < 4.78 is 13.9. The minimum Gasteiger partial charge on any atom is -0.391 e. The smallest absolute Gasteiger partial charge is 0.128 e. The number of hydrogen-bond donors (Lipinski definition) is 2. The predicted octanol–water partition coefficient (Wildman–Crippen LogP) is 2.02. The average Bonchev–Trinajstić information content (AvgIpc) is 2.41. The maximum atomic E-state index is 13.9. The molecule has 2 unspecified atom stereocenters. The fourth-order valence-corrected chi connectivity index (χ4v) is 2.84. The van der Waals surface area contributed by atoms with E-state index in [4.69, 9.17) is 5.73 Å². The second-order valence-electron chi connectivity index (χ2n) is 5.46. The lowest BCUT2D eigenvalue weighted by molar-refractivity contribution is 0.0284. The molecule has 2 rings (SSSR count). The quantitative estimate of drug-likeness (QED) is 0.876. The van der Waals surface area contributed by atoms with Gasteiger partial charge in [-0.2, -0.15) is 0 Å². The second-order valence-corrected chi connectivity index (χ2v) is 5.46. The van der Waals surface area contributed by atoms with Crippen molar-refractivity contribution >= 4 is 0 Å². The van der Waals surface area contributed by atoms with Crippen molar-refractivity contribution < 1.29 is 9.50 Å². The largest absolute Gasteiger partial charge is 0.391 e. The van der Waals surface area contributed by atoms with Crippen LogP contribution in [0.5, 0.6) is 0 Å². The van der Waals surface area contributed by atoms with Crippen molar-refractivity contribution in [3.8, 4) is 0 Å². The molecule has 0 aromatic heterocycles. The molecule has 0 bridgehead atoms. The number of nitrogens with zero attached hydrogens (tertiary/aromatic N) is 1. The summed E-state index contributed by atoms with van der Waals surface area (Å²) in [4.78, 5) is 2.06. The zero-order chi connectivity index (χ0) is 13.8. The van der Waals surface area contributed by atoms with Gasteiger partial charge in [0, 0.05) is 24.7 Å². The van der Waals surface area contributed by atoms with Gasteiger partial charge in [0.15, 0.2) is 0 Å². The van der Waals surface area contributed by atoms with E-state index in [1.165, 1.54) is 6.07 Å². The van der Waals surface area contributed by atoms with Gasteiger partial charge in [0.1, 0.15) is 5.82 Å². The fraction of sp³-hybridized carbons (Fsp3) is 0.600. The molecule has 1 saturated carbocycles. The Labute approximate surface area is 114 Å². The minimum absolute atomic E-state index is 0.141. The number of halogens is 1. The van der Waals surface area contributed by atoms with Crippen molar-refractivity contribution in [1.29, 1.82) is 0 Å². The van der Waals surface area contributed by atoms with Gasteiger partial charge in [0.2, 0.25) is 0 Å². The van der Waals surface area contributed by atoms with Gasteiger partial charge < -0.3 is 10.8 Å². The summed E-state index contributed by atoms with van der Waals surface area (Å²) >= 11 is 0. The van der Waals surface area contributed by atoms with Crippen LogP contribution >= 0.6 is 0 Å². The fourth-order valence-electron chi connectivity index (χ4n) is 2.84. The summed E-state index contributed by atoms with van der Waals surface area (Å²) in [5, 5.41) is 10.0. The van der Waals surface area contributed by atoms with Crippen LogP contribution in [0.15, 0.2) is 18.2 Å². The van der Waals surface area contributed by atoms with E-state index in [0.29, 0.717) is 18.7 Å². The minimum atomic E-state index is -0.287. The van der Waals surface area contributed by atoms with Gasteiger partial charge in [0.25, 0.3) is 0 Å². The first-order valence-corrected chi connectivity index (χ1v) is 6.97. The Morgan fingerprint density at radius 2 is 2.11 bits per heavy atom. The third kappa shape index (κ3) is 3.53. The Morgan fingerprint density at radius 3 is 2.74 bits per heavy atom. The van der Waals surface area contributed by atoms with Crippen molar-refractivity contribution in [3.63, 3.8) is 0 Å². The standard InChI is InChI=1S/C15H23FN2O/c1-18(14-4-2-3-5-15(14)19)10-12-7-6-11(9-17)8-13(12)16/h6-8,14-15,19H,2-5,9-10,17H2,1H3. The van der Waals surface area contributed by atoms with E-state index in [1.54, 1.807) is 6.07 Å². The SMILES string of the molecule is CN(Cc1ccc(CN)cc1F)C1CCCCC1O. The van der Waals surface area contributed by atoms with E-state index in [9.17, 15) is 9.50 Å². The molecule has 1 aliphatic rings. The molecule has 4 heteroatoms. The first-order chi connectivity index (χ1) is 9.11. The van der Waals surface area contributed by atoms with E-state index in [0.717, 1.165) is 31.2 Å². The number of aliphatic hydroxyl groups is 1. The topological polar surface area (TPSA) is 49.5 Å². The van der Waals surface area contributed by atoms with Gasteiger partial charge in [-0.05, 0) is 31.5 Å².